The zero-order valence-electron chi connectivity index (χ0n) is 11.9. The number of piperazine rings is 1. The number of quaternary nitrogens is 2. The van der Waals surface area contributed by atoms with Crippen LogP contribution in [0.25, 0.3) is 11.0 Å². The van der Waals surface area contributed by atoms with Gasteiger partial charge >= 0.3 is 0 Å². The number of likely N-dealkylation sites (N-methyl/N-ethyl adjacent to an activating group) is 1. The van der Waals surface area contributed by atoms with Crippen molar-refractivity contribution in [3.05, 3.63) is 46.3 Å². The van der Waals surface area contributed by atoms with E-state index in [2.05, 4.69) is 6.92 Å². The fourth-order valence-electron chi connectivity index (χ4n) is 3.00. The van der Waals surface area contributed by atoms with Crippen LogP contribution in [0.4, 0.5) is 0 Å². The average Bonchev–Trinajstić information content (AvgIpc) is 2.51. The lowest BCUT2D eigenvalue weighted by Gasteiger charge is -2.28. The van der Waals surface area contributed by atoms with Gasteiger partial charge in [-0.25, -0.2) is 0 Å². The lowest BCUT2D eigenvalue weighted by molar-refractivity contribution is -1.02. The summed E-state index contributed by atoms with van der Waals surface area (Å²) >= 11 is 0. The molecule has 0 bridgehead atoms. The van der Waals surface area contributed by atoms with Gasteiger partial charge in [-0.2, -0.15) is 0 Å². The van der Waals surface area contributed by atoms with Gasteiger partial charge in [0.1, 0.15) is 44.6 Å². The number of benzene rings is 1. The Balaban J connectivity index is 1.78. The maximum Gasteiger partial charge on any atom is 0.201 e. The molecule has 1 saturated heterocycles. The number of hydrogen-bond acceptors (Lipinski definition) is 2. The van der Waals surface area contributed by atoms with Gasteiger partial charge in [0.05, 0.1) is 17.5 Å². The molecule has 0 spiro atoms. The third-order valence-corrected chi connectivity index (χ3v) is 4.36. The Hall–Kier alpha value is -1.65. The lowest BCUT2D eigenvalue weighted by Crippen LogP contribution is -3.27. The highest BCUT2D eigenvalue weighted by Gasteiger charge is 2.22. The van der Waals surface area contributed by atoms with E-state index in [0.717, 1.165) is 25.2 Å². The Morgan fingerprint density at radius 1 is 1.10 bits per heavy atom. The maximum atomic E-state index is 12.4. The SMILES string of the molecule is CC[NH+]1CC[NH+](Cc2coc3ccccc3c2=O)CC1. The van der Waals surface area contributed by atoms with Crippen molar-refractivity contribution in [3.8, 4) is 0 Å². The summed E-state index contributed by atoms with van der Waals surface area (Å²) in [5.74, 6) is 0. The van der Waals surface area contributed by atoms with E-state index in [1.807, 2.05) is 24.3 Å². The molecule has 3 rings (SSSR count). The Labute approximate surface area is 118 Å². The maximum absolute atomic E-state index is 12.4. The third kappa shape index (κ3) is 2.62. The highest BCUT2D eigenvalue weighted by Crippen LogP contribution is 2.09. The molecule has 0 saturated carbocycles. The standard InChI is InChI=1S/C16H20N2O2/c1-2-17-7-9-18(10-8-17)11-13-12-20-15-6-4-3-5-14(15)16(13)19/h3-6,12H,2,7-11H2,1H3/p+2. The predicted octanol–water partition coefficient (Wildman–Crippen LogP) is -0.904. The van der Waals surface area contributed by atoms with Crippen LogP contribution in [0.3, 0.4) is 0 Å². The molecule has 0 unspecified atom stereocenters. The molecule has 0 atom stereocenters. The topological polar surface area (TPSA) is 39.1 Å². The molecule has 4 heteroatoms. The van der Waals surface area contributed by atoms with Crippen LogP contribution in [0, 0.1) is 0 Å². The zero-order valence-corrected chi connectivity index (χ0v) is 11.9. The summed E-state index contributed by atoms with van der Waals surface area (Å²) in [5, 5.41) is 0.696. The van der Waals surface area contributed by atoms with E-state index in [-0.39, 0.29) is 5.43 Å². The molecule has 106 valence electrons. The van der Waals surface area contributed by atoms with E-state index < -0.39 is 0 Å². The van der Waals surface area contributed by atoms with E-state index in [4.69, 9.17) is 4.42 Å². The van der Waals surface area contributed by atoms with Crippen LogP contribution in [0.5, 0.6) is 0 Å². The largest absolute Gasteiger partial charge is 0.464 e. The third-order valence-electron chi connectivity index (χ3n) is 4.36. The molecule has 1 aromatic heterocycles. The lowest BCUT2D eigenvalue weighted by atomic mass is 10.1. The Kier molecular flexibility index (Phi) is 3.85. The number of para-hydroxylation sites is 1. The first-order valence-corrected chi connectivity index (χ1v) is 7.44. The molecular formula is C16H22N2O2+2. The molecule has 1 aliphatic heterocycles. The monoisotopic (exact) mass is 274 g/mol. The number of hydrogen-bond donors (Lipinski definition) is 2. The Bertz CT molecular complexity index is 642. The average molecular weight is 274 g/mol. The Morgan fingerprint density at radius 3 is 2.55 bits per heavy atom. The van der Waals surface area contributed by atoms with E-state index >= 15 is 0 Å². The van der Waals surface area contributed by atoms with E-state index in [1.54, 1.807) is 11.2 Å². The fraction of sp³-hybridized carbons (Fsp3) is 0.438. The van der Waals surface area contributed by atoms with E-state index in [0.29, 0.717) is 11.0 Å². The van der Waals surface area contributed by atoms with Gasteiger partial charge in [-0.05, 0) is 19.1 Å². The first-order valence-electron chi connectivity index (χ1n) is 7.44. The zero-order chi connectivity index (χ0) is 13.9. The van der Waals surface area contributed by atoms with Crippen LogP contribution in [0.1, 0.15) is 12.5 Å². The van der Waals surface area contributed by atoms with Crippen molar-refractivity contribution in [2.24, 2.45) is 0 Å². The van der Waals surface area contributed by atoms with Crippen molar-refractivity contribution >= 4 is 11.0 Å². The summed E-state index contributed by atoms with van der Waals surface area (Å²) in [5.41, 5.74) is 1.61. The smallest absolute Gasteiger partial charge is 0.201 e. The molecular weight excluding hydrogens is 252 g/mol. The molecule has 2 N–H and O–H groups in total. The summed E-state index contributed by atoms with van der Waals surface area (Å²) in [6, 6.07) is 7.47. The second-order valence-electron chi connectivity index (χ2n) is 5.62. The highest BCUT2D eigenvalue weighted by molar-refractivity contribution is 5.76. The van der Waals surface area contributed by atoms with Crippen LogP contribution < -0.4 is 15.2 Å². The van der Waals surface area contributed by atoms with Crippen LogP contribution >= 0.6 is 0 Å². The molecule has 1 aromatic carbocycles. The number of rotatable bonds is 3. The van der Waals surface area contributed by atoms with Gasteiger partial charge in [-0.15, -0.1) is 0 Å². The molecule has 2 heterocycles. The minimum Gasteiger partial charge on any atom is -0.464 e. The summed E-state index contributed by atoms with van der Waals surface area (Å²) < 4.78 is 5.59. The van der Waals surface area contributed by atoms with E-state index in [9.17, 15) is 4.79 Å². The first kappa shape index (κ1) is 13.3. The fourth-order valence-corrected chi connectivity index (χ4v) is 3.00. The summed E-state index contributed by atoms with van der Waals surface area (Å²) in [7, 11) is 0. The van der Waals surface area contributed by atoms with Crippen molar-refractivity contribution in [3.63, 3.8) is 0 Å². The van der Waals surface area contributed by atoms with Crippen molar-refractivity contribution in [1.82, 2.24) is 0 Å². The second kappa shape index (κ2) is 5.77. The molecule has 20 heavy (non-hydrogen) atoms. The number of fused-ring (bicyclic) bond motifs is 1. The molecule has 2 aromatic rings. The highest BCUT2D eigenvalue weighted by atomic mass is 16.3. The molecule has 1 fully saturated rings. The van der Waals surface area contributed by atoms with Crippen molar-refractivity contribution in [1.29, 1.82) is 0 Å². The number of nitrogens with one attached hydrogen (secondary N) is 2. The van der Waals surface area contributed by atoms with Crippen molar-refractivity contribution < 1.29 is 14.2 Å². The van der Waals surface area contributed by atoms with Gasteiger partial charge in [0.2, 0.25) is 5.43 Å². The quantitative estimate of drug-likeness (QED) is 0.761. The summed E-state index contributed by atoms with van der Waals surface area (Å²) in [4.78, 5) is 15.6. The van der Waals surface area contributed by atoms with Crippen LogP contribution in [-0.2, 0) is 6.54 Å². The molecule has 4 nitrogen and oxygen atoms in total. The first-order chi connectivity index (χ1) is 9.78. The molecule has 0 amide bonds. The van der Waals surface area contributed by atoms with Crippen molar-refractivity contribution in [2.45, 2.75) is 13.5 Å². The van der Waals surface area contributed by atoms with Crippen LogP contribution in [0.15, 0.2) is 39.7 Å². The van der Waals surface area contributed by atoms with Gasteiger partial charge < -0.3 is 14.2 Å². The van der Waals surface area contributed by atoms with Gasteiger partial charge in [-0.1, -0.05) is 12.1 Å². The minimum atomic E-state index is 0.129. The summed E-state index contributed by atoms with van der Waals surface area (Å²) in [6.45, 7) is 8.88. The van der Waals surface area contributed by atoms with E-state index in [1.165, 1.54) is 24.5 Å². The van der Waals surface area contributed by atoms with Gasteiger partial charge in [0, 0.05) is 0 Å². The van der Waals surface area contributed by atoms with Crippen LogP contribution in [-0.4, -0.2) is 32.7 Å². The molecule has 1 aliphatic rings. The van der Waals surface area contributed by atoms with Crippen LogP contribution in [0.2, 0.25) is 0 Å². The predicted molar refractivity (Wildman–Crippen MR) is 78.1 cm³/mol. The van der Waals surface area contributed by atoms with Crippen molar-refractivity contribution in [2.75, 3.05) is 32.7 Å². The second-order valence-corrected chi connectivity index (χ2v) is 5.62. The van der Waals surface area contributed by atoms with Gasteiger partial charge in [-0.3, -0.25) is 4.79 Å². The molecule has 0 radical (unpaired) electrons. The normalized spacial score (nSPS) is 23.1. The molecule has 0 aliphatic carbocycles. The minimum absolute atomic E-state index is 0.129. The van der Waals surface area contributed by atoms with Gasteiger partial charge in [0.15, 0.2) is 0 Å². The van der Waals surface area contributed by atoms with Gasteiger partial charge in [0.25, 0.3) is 0 Å². The Morgan fingerprint density at radius 2 is 1.80 bits per heavy atom. The summed E-state index contributed by atoms with van der Waals surface area (Å²) in [6.07, 6.45) is 1.65.